The molecule has 2 aromatic carbocycles. The van der Waals surface area contributed by atoms with Gasteiger partial charge in [-0.1, -0.05) is 43.3 Å². The predicted octanol–water partition coefficient (Wildman–Crippen LogP) is 5.25. The second-order valence-corrected chi connectivity index (χ2v) is 9.78. The van der Waals surface area contributed by atoms with Crippen molar-refractivity contribution < 1.29 is 27.7 Å². The van der Waals surface area contributed by atoms with Crippen molar-refractivity contribution in [1.82, 2.24) is 20.1 Å². The fourth-order valence-electron chi connectivity index (χ4n) is 3.35. The number of carbonyl (C=O) groups is 2. The molecule has 10 nitrogen and oxygen atoms in total. The number of non-ortho nitro benzene ring substituents is 1. The first-order valence-electron chi connectivity index (χ1n) is 11.0. The van der Waals surface area contributed by atoms with E-state index in [4.69, 9.17) is 11.6 Å². The number of anilines is 1. The summed E-state index contributed by atoms with van der Waals surface area (Å²) >= 11 is 6.91. The lowest BCUT2D eigenvalue weighted by molar-refractivity contribution is -0.384. The number of halogens is 4. The lowest BCUT2D eigenvalue weighted by atomic mass is 10.0. The number of hydrogen-bond acceptors (Lipinski definition) is 7. The molecule has 1 aromatic heterocycles. The lowest BCUT2D eigenvalue weighted by Crippen LogP contribution is -2.33. The van der Waals surface area contributed by atoms with Crippen molar-refractivity contribution in [3.63, 3.8) is 0 Å². The number of alkyl halides is 3. The molecule has 3 rings (SSSR count). The van der Waals surface area contributed by atoms with Crippen LogP contribution in [0.3, 0.4) is 0 Å². The molecule has 2 N–H and O–H groups in total. The number of aromatic nitrogens is 3. The first-order chi connectivity index (χ1) is 17.8. The Kier molecular flexibility index (Phi) is 8.99. The van der Waals surface area contributed by atoms with Crippen molar-refractivity contribution in [2.45, 2.75) is 31.2 Å². The van der Waals surface area contributed by atoms with Crippen LogP contribution >= 0.6 is 23.4 Å². The van der Waals surface area contributed by atoms with Crippen molar-refractivity contribution in [2.75, 3.05) is 11.1 Å². The number of nitro groups is 1. The smallest absolute Gasteiger partial charge is 0.342 e. The molecule has 0 aliphatic carbocycles. The summed E-state index contributed by atoms with van der Waals surface area (Å²) < 4.78 is 40.5. The highest BCUT2D eigenvalue weighted by molar-refractivity contribution is 7.99. The lowest BCUT2D eigenvalue weighted by Gasteiger charge is -2.21. The third-order valence-corrected chi connectivity index (χ3v) is 6.67. The number of benzene rings is 2. The molecule has 0 saturated heterocycles. The zero-order chi connectivity index (χ0) is 28.2. The van der Waals surface area contributed by atoms with Crippen LogP contribution in [0, 0.1) is 16.0 Å². The molecule has 202 valence electrons. The molecule has 15 heteroatoms. The molecule has 0 saturated carbocycles. The summed E-state index contributed by atoms with van der Waals surface area (Å²) in [5, 5.41) is 24.7. The molecule has 0 spiro atoms. The summed E-state index contributed by atoms with van der Waals surface area (Å²) in [5.41, 5.74) is -1.24. The molecule has 1 atom stereocenters. The third-order valence-electron chi connectivity index (χ3n) is 5.32. The Morgan fingerprint density at radius 3 is 2.53 bits per heavy atom. The van der Waals surface area contributed by atoms with E-state index in [9.17, 15) is 32.9 Å². The topological polar surface area (TPSA) is 132 Å². The van der Waals surface area contributed by atoms with Gasteiger partial charge >= 0.3 is 6.18 Å². The Labute approximate surface area is 224 Å². The summed E-state index contributed by atoms with van der Waals surface area (Å²) in [5.74, 6) is -1.13. The fourth-order valence-corrected chi connectivity index (χ4v) is 4.23. The average Bonchev–Trinajstić information content (AvgIpc) is 3.21. The summed E-state index contributed by atoms with van der Waals surface area (Å²) in [6.45, 7) is 3.68. The summed E-state index contributed by atoms with van der Waals surface area (Å²) in [6.07, 6.45) is -4.59. The van der Waals surface area contributed by atoms with Crippen molar-refractivity contribution in [3.05, 3.63) is 74.6 Å². The normalized spacial score (nSPS) is 12.3. The molecule has 1 heterocycles. The highest BCUT2D eigenvalue weighted by Crippen LogP contribution is 2.34. The van der Waals surface area contributed by atoms with Crippen LogP contribution in [0.5, 0.6) is 0 Å². The second kappa shape index (κ2) is 11.8. The molecule has 0 fully saturated rings. The molecule has 0 aliphatic rings. The number of rotatable bonds is 9. The van der Waals surface area contributed by atoms with E-state index in [0.29, 0.717) is 11.0 Å². The molecular weight excluding hydrogens is 549 g/mol. The van der Waals surface area contributed by atoms with Crippen LogP contribution in [0.1, 0.15) is 41.6 Å². The van der Waals surface area contributed by atoms with Crippen LogP contribution in [0.15, 0.2) is 47.6 Å². The fraction of sp³-hybridized carbons (Fsp3) is 0.304. The Balaban J connectivity index is 1.70. The van der Waals surface area contributed by atoms with E-state index >= 15 is 0 Å². The minimum absolute atomic E-state index is 0.0449. The van der Waals surface area contributed by atoms with Gasteiger partial charge in [0.25, 0.3) is 11.6 Å². The summed E-state index contributed by atoms with van der Waals surface area (Å²) in [4.78, 5) is 35.6. The van der Waals surface area contributed by atoms with Gasteiger partial charge in [-0.2, -0.15) is 13.2 Å². The van der Waals surface area contributed by atoms with Gasteiger partial charge in [-0.3, -0.25) is 19.7 Å². The molecule has 0 bridgehead atoms. The maximum atomic E-state index is 13.0. The van der Waals surface area contributed by atoms with Crippen LogP contribution in [-0.2, 0) is 18.0 Å². The number of nitro benzene ring substituents is 1. The maximum absolute atomic E-state index is 13.0. The quantitative estimate of drug-likeness (QED) is 0.204. The summed E-state index contributed by atoms with van der Waals surface area (Å²) in [6, 6.07) is 7.31. The minimum Gasteiger partial charge on any atom is -0.342 e. The van der Waals surface area contributed by atoms with Crippen LogP contribution < -0.4 is 10.6 Å². The number of nitrogens with one attached hydrogen (secondary N) is 2. The maximum Gasteiger partial charge on any atom is 0.416 e. The molecule has 0 radical (unpaired) electrons. The van der Waals surface area contributed by atoms with Crippen molar-refractivity contribution in [1.29, 1.82) is 0 Å². The third kappa shape index (κ3) is 7.01. The minimum atomic E-state index is -4.59. The number of amides is 2. The van der Waals surface area contributed by atoms with E-state index in [1.165, 1.54) is 24.3 Å². The van der Waals surface area contributed by atoms with Gasteiger partial charge in [-0.25, -0.2) is 0 Å². The molecule has 2 amide bonds. The Morgan fingerprint density at radius 1 is 1.18 bits per heavy atom. The van der Waals surface area contributed by atoms with Crippen LogP contribution in [0.25, 0.3) is 0 Å². The molecule has 0 unspecified atom stereocenters. The number of nitrogens with zero attached hydrogens (tertiary/aromatic N) is 4. The molecule has 0 aliphatic heterocycles. The summed E-state index contributed by atoms with van der Waals surface area (Å²) in [7, 11) is 1.63. The number of thioether (sulfide) groups is 1. The van der Waals surface area contributed by atoms with Crippen molar-refractivity contribution in [2.24, 2.45) is 13.0 Å². The van der Waals surface area contributed by atoms with Gasteiger partial charge in [-0.05, 0) is 30.2 Å². The zero-order valence-corrected chi connectivity index (χ0v) is 21.8. The zero-order valence-electron chi connectivity index (χ0n) is 20.2. The van der Waals surface area contributed by atoms with Crippen molar-refractivity contribution in [3.8, 4) is 0 Å². The van der Waals surface area contributed by atoms with Gasteiger partial charge in [0.05, 0.1) is 33.0 Å². The van der Waals surface area contributed by atoms with Gasteiger partial charge in [0.2, 0.25) is 5.91 Å². The highest BCUT2D eigenvalue weighted by Gasteiger charge is 2.31. The number of hydrogen-bond donors (Lipinski definition) is 2. The highest BCUT2D eigenvalue weighted by atomic mass is 35.5. The van der Waals surface area contributed by atoms with E-state index in [-0.39, 0.29) is 33.6 Å². The van der Waals surface area contributed by atoms with Gasteiger partial charge in [0, 0.05) is 24.7 Å². The van der Waals surface area contributed by atoms with E-state index in [1.54, 1.807) is 11.6 Å². The number of carbonyl (C=O) groups excluding carboxylic acids is 2. The van der Waals surface area contributed by atoms with Crippen LogP contribution in [-0.4, -0.2) is 37.3 Å². The van der Waals surface area contributed by atoms with Crippen LogP contribution in [0.4, 0.5) is 24.5 Å². The standard InChI is InChI=1S/C23H22ClF3N6O4S/c1-12(2)19(29-21(35)13-5-4-6-15(9-13)33(36)37)20-30-31-22(32(20)3)38-11-18(34)28-17-10-14(23(25,26)27)7-8-16(17)24/h4-10,12,19H,11H2,1-3H3,(H,28,34)(H,29,35)/t19-/m1/s1. The molecule has 3 aromatic rings. The Bertz CT molecular complexity index is 1370. The SMILES string of the molecule is CC(C)[C@@H](NC(=O)c1cccc([N+](=O)[O-])c1)c1nnc(SCC(=O)Nc2cc(C(F)(F)F)ccc2Cl)n1C. The van der Waals surface area contributed by atoms with Gasteiger partial charge in [0.1, 0.15) is 0 Å². The second-order valence-electron chi connectivity index (χ2n) is 8.43. The molecule has 38 heavy (non-hydrogen) atoms. The first kappa shape index (κ1) is 28.9. The van der Waals surface area contributed by atoms with Gasteiger partial charge in [0.15, 0.2) is 11.0 Å². The average molecular weight is 571 g/mol. The first-order valence-corrected chi connectivity index (χ1v) is 12.4. The van der Waals surface area contributed by atoms with E-state index in [2.05, 4.69) is 20.8 Å². The van der Waals surface area contributed by atoms with Crippen molar-refractivity contribution >= 4 is 46.6 Å². The Morgan fingerprint density at radius 2 is 1.89 bits per heavy atom. The van der Waals surface area contributed by atoms with E-state index in [1.807, 2.05) is 13.8 Å². The van der Waals surface area contributed by atoms with E-state index in [0.717, 1.165) is 30.0 Å². The van der Waals surface area contributed by atoms with Gasteiger partial charge < -0.3 is 15.2 Å². The predicted molar refractivity (Wildman–Crippen MR) is 135 cm³/mol. The van der Waals surface area contributed by atoms with Gasteiger partial charge in [-0.15, -0.1) is 10.2 Å². The molecular formula is C23H22ClF3N6O4S. The largest absolute Gasteiger partial charge is 0.416 e. The van der Waals surface area contributed by atoms with E-state index < -0.39 is 34.5 Å². The Hall–Kier alpha value is -3.65. The monoisotopic (exact) mass is 570 g/mol. The van der Waals surface area contributed by atoms with Crippen LogP contribution in [0.2, 0.25) is 5.02 Å².